The molecule has 0 spiro atoms. The second kappa shape index (κ2) is 21.7. The number of esters is 2. The lowest BCUT2D eigenvalue weighted by Gasteiger charge is -2.15. The fourth-order valence-corrected chi connectivity index (χ4v) is 3.88. The summed E-state index contributed by atoms with van der Waals surface area (Å²) in [5.74, 6) is -0.283. The molecular weight excluding hydrogens is 512 g/mol. The zero-order chi connectivity index (χ0) is 29.6. The summed E-state index contributed by atoms with van der Waals surface area (Å²) >= 11 is 0. The number of benzene rings is 2. The average Bonchev–Trinajstić information content (AvgIpc) is 2.97. The molecule has 0 aliphatic rings. The van der Waals surface area contributed by atoms with E-state index >= 15 is 0 Å². The van der Waals surface area contributed by atoms with Crippen LogP contribution in [0.4, 0.5) is 0 Å². The first-order chi connectivity index (χ1) is 19.3. The second-order valence-electron chi connectivity index (χ2n) is 9.63. The van der Waals surface area contributed by atoms with Crippen molar-refractivity contribution in [1.29, 1.82) is 0 Å². The van der Waals surface area contributed by atoms with Gasteiger partial charge >= 0.3 is 11.9 Å². The number of carbonyl (C=O) groups is 2. The highest BCUT2D eigenvalue weighted by Gasteiger charge is 2.21. The van der Waals surface area contributed by atoms with Crippen LogP contribution in [0.1, 0.15) is 76.3 Å². The summed E-state index contributed by atoms with van der Waals surface area (Å²) in [6, 6.07) is 13.5. The Morgan fingerprint density at radius 2 is 0.950 bits per heavy atom. The van der Waals surface area contributed by atoms with Crippen LogP contribution in [0, 0.1) is 0 Å². The van der Waals surface area contributed by atoms with Crippen molar-refractivity contribution in [3.63, 3.8) is 0 Å². The maximum atomic E-state index is 11.7. The Hall–Kier alpha value is -3.10. The maximum Gasteiger partial charge on any atom is 0.335 e. The molecule has 224 valence electrons. The quantitative estimate of drug-likeness (QED) is 0.165. The molecule has 40 heavy (non-hydrogen) atoms. The van der Waals surface area contributed by atoms with Crippen molar-refractivity contribution in [1.82, 2.24) is 0 Å². The molecule has 2 N–H and O–H groups in total. The number of phenolic OH excluding ortho intramolecular Hbond substituents is 2. The predicted octanol–water partition coefficient (Wildman–Crippen LogP) is 6.15. The molecule has 0 aromatic heterocycles. The standard InChI is InChI=1S/2C16H24O4/c2*1-3-4-5-6-11-20-15(16(18)19-2)12-13-7-9-14(17)10-8-13/h2*7-10,15,17H,3-6,11-12H2,1-2H3. The Morgan fingerprint density at radius 3 is 1.25 bits per heavy atom. The van der Waals surface area contributed by atoms with E-state index in [1.807, 2.05) is 0 Å². The van der Waals surface area contributed by atoms with Crippen LogP contribution < -0.4 is 0 Å². The molecule has 0 aliphatic carbocycles. The summed E-state index contributed by atoms with van der Waals surface area (Å²) in [5.41, 5.74) is 1.87. The average molecular weight is 561 g/mol. The number of hydrogen-bond donors (Lipinski definition) is 2. The Morgan fingerprint density at radius 1 is 0.600 bits per heavy atom. The number of unbranched alkanes of at least 4 members (excludes halogenated alkanes) is 6. The fraction of sp³-hybridized carbons (Fsp3) is 0.562. The molecule has 0 bridgehead atoms. The van der Waals surface area contributed by atoms with Crippen LogP contribution in [0.2, 0.25) is 0 Å². The first-order valence-electron chi connectivity index (χ1n) is 14.3. The third kappa shape index (κ3) is 15.5. The summed E-state index contributed by atoms with van der Waals surface area (Å²) in [6.07, 6.45) is 8.62. The first-order valence-corrected chi connectivity index (χ1v) is 14.3. The maximum absolute atomic E-state index is 11.7. The van der Waals surface area contributed by atoms with Gasteiger partial charge in [0.1, 0.15) is 11.5 Å². The van der Waals surface area contributed by atoms with Crippen LogP contribution in [0.25, 0.3) is 0 Å². The number of phenols is 2. The molecule has 2 aromatic carbocycles. The summed E-state index contributed by atoms with van der Waals surface area (Å²) in [7, 11) is 2.74. The first kappa shape index (κ1) is 34.9. The van der Waals surface area contributed by atoms with Crippen molar-refractivity contribution >= 4 is 11.9 Å². The van der Waals surface area contributed by atoms with Crippen molar-refractivity contribution in [3.8, 4) is 11.5 Å². The van der Waals surface area contributed by atoms with Gasteiger partial charge in [-0.3, -0.25) is 0 Å². The van der Waals surface area contributed by atoms with Gasteiger partial charge in [0.15, 0.2) is 12.2 Å². The van der Waals surface area contributed by atoms with Gasteiger partial charge in [-0.15, -0.1) is 0 Å². The molecule has 0 heterocycles. The van der Waals surface area contributed by atoms with Crippen LogP contribution in [-0.2, 0) is 41.4 Å². The van der Waals surface area contributed by atoms with Gasteiger partial charge < -0.3 is 29.2 Å². The minimum absolute atomic E-state index is 0.212. The van der Waals surface area contributed by atoms with Crippen LogP contribution in [-0.4, -0.2) is 61.8 Å². The van der Waals surface area contributed by atoms with E-state index in [2.05, 4.69) is 13.8 Å². The van der Waals surface area contributed by atoms with Gasteiger partial charge in [0, 0.05) is 26.1 Å². The van der Waals surface area contributed by atoms with E-state index in [9.17, 15) is 19.8 Å². The highest BCUT2D eigenvalue weighted by Crippen LogP contribution is 2.15. The van der Waals surface area contributed by atoms with E-state index in [0.29, 0.717) is 26.1 Å². The number of ether oxygens (including phenoxy) is 4. The minimum Gasteiger partial charge on any atom is -0.508 e. The van der Waals surface area contributed by atoms with Crippen molar-refractivity contribution in [2.45, 2.75) is 90.3 Å². The van der Waals surface area contributed by atoms with Crippen LogP contribution in [0.5, 0.6) is 11.5 Å². The van der Waals surface area contributed by atoms with Gasteiger partial charge in [-0.1, -0.05) is 76.6 Å². The Kier molecular flexibility index (Phi) is 18.9. The Balaban J connectivity index is 0.000000400. The van der Waals surface area contributed by atoms with E-state index in [1.165, 1.54) is 39.9 Å². The molecule has 2 atom stereocenters. The predicted molar refractivity (Wildman–Crippen MR) is 155 cm³/mol. The lowest BCUT2D eigenvalue weighted by molar-refractivity contribution is -0.154. The smallest absolute Gasteiger partial charge is 0.335 e. The van der Waals surface area contributed by atoms with Crippen LogP contribution >= 0.6 is 0 Å². The topological polar surface area (TPSA) is 112 Å². The SMILES string of the molecule is CCCCCCOC(Cc1ccc(O)cc1)C(=O)OC.CCCCCCOC(Cc1ccc(O)cc1)C(=O)OC. The van der Waals surface area contributed by atoms with Gasteiger partial charge in [0.25, 0.3) is 0 Å². The van der Waals surface area contributed by atoms with Crippen molar-refractivity contribution in [2.24, 2.45) is 0 Å². The van der Waals surface area contributed by atoms with Gasteiger partial charge in [-0.2, -0.15) is 0 Å². The molecule has 0 saturated heterocycles. The number of rotatable bonds is 18. The molecule has 2 unspecified atom stereocenters. The molecule has 0 fully saturated rings. The third-order valence-electron chi connectivity index (χ3n) is 6.28. The lowest BCUT2D eigenvalue weighted by Crippen LogP contribution is -2.28. The Labute approximate surface area is 239 Å². The summed E-state index contributed by atoms with van der Waals surface area (Å²) in [4.78, 5) is 23.4. The number of aromatic hydroxyl groups is 2. The van der Waals surface area contributed by atoms with E-state index < -0.39 is 12.2 Å². The largest absolute Gasteiger partial charge is 0.508 e. The van der Waals surface area contributed by atoms with Gasteiger partial charge in [0.05, 0.1) is 14.2 Å². The van der Waals surface area contributed by atoms with Gasteiger partial charge in [0.2, 0.25) is 0 Å². The van der Waals surface area contributed by atoms with Crippen LogP contribution in [0.3, 0.4) is 0 Å². The van der Waals surface area contributed by atoms with Crippen molar-refractivity contribution in [3.05, 3.63) is 59.7 Å². The zero-order valence-corrected chi connectivity index (χ0v) is 24.6. The van der Waals surface area contributed by atoms with Gasteiger partial charge in [-0.05, 0) is 48.2 Å². The van der Waals surface area contributed by atoms with E-state index in [0.717, 1.165) is 36.8 Å². The molecule has 8 heteroatoms. The van der Waals surface area contributed by atoms with Crippen molar-refractivity contribution in [2.75, 3.05) is 27.4 Å². The van der Waals surface area contributed by atoms with Crippen molar-refractivity contribution < 1.29 is 38.7 Å². The second-order valence-corrected chi connectivity index (χ2v) is 9.63. The highest BCUT2D eigenvalue weighted by molar-refractivity contribution is 5.75. The number of hydrogen-bond acceptors (Lipinski definition) is 8. The summed E-state index contributed by atoms with van der Waals surface area (Å²) in [6.45, 7) is 5.45. The molecule has 8 nitrogen and oxygen atoms in total. The normalized spacial score (nSPS) is 12.1. The molecule has 0 radical (unpaired) electrons. The molecule has 0 saturated carbocycles. The third-order valence-corrected chi connectivity index (χ3v) is 6.28. The summed E-state index contributed by atoms with van der Waals surface area (Å²) < 4.78 is 20.8. The fourth-order valence-electron chi connectivity index (χ4n) is 3.88. The number of methoxy groups -OCH3 is 2. The zero-order valence-electron chi connectivity index (χ0n) is 24.6. The van der Waals surface area contributed by atoms with Crippen LogP contribution in [0.15, 0.2) is 48.5 Å². The van der Waals surface area contributed by atoms with E-state index in [4.69, 9.17) is 18.9 Å². The van der Waals surface area contributed by atoms with Gasteiger partial charge in [-0.25, -0.2) is 9.59 Å². The molecule has 0 aliphatic heterocycles. The molecular formula is C32H48O8. The number of carbonyl (C=O) groups excluding carboxylic acids is 2. The Bertz CT molecular complexity index is 849. The highest BCUT2D eigenvalue weighted by atomic mass is 16.6. The summed E-state index contributed by atoms with van der Waals surface area (Å²) in [5, 5.41) is 18.5. The minimum atomic E-state index is -0.578. The monoisotopic (exact) mass is 560 g/mol. The molecule has 2 rings (SSSR count). The molecule has 0 amide bonds. The molecule has 2 aromatic rings. The lowest BCUT2D eigenvalue weighted by atomic mass is 10.1. The van der Waals surface area contributed by atoms with E-state index in [1.54, 1.807) is 48.5 Å². The van der Waals surface area contributed by atoms with E-state index in [-0.39, 0.29) is 23.4 Å².